The van der Waals surface area contributed by atoms with Crippen LogP contribution in [0.25, 0.3) is 0 Å². The Morgan fingerprint density at radius 3 is 2.57 bits per heavy atom. The van der Waals surface area contributed by atoms with Crippen molar-refractivity contribution in [1.82, 2.24) is 10.2 Å². The van der Waals surface area contributed by atoms with Gasteiger partial charge in [-0.05, 0) is 38.0 Å². The molecule has 28 heavy (non-hydrogen) atoms. The lowest BCUT2D eigenvalue weighted by atomic mass is 9.99. The summed E-state index contributed by atoms with van der Waals surface area (Å²) in [5.41, 5.74) is 2.11. The number of nitrogens with one attached hydrogen (secondary N) is 1. The Morgan fingerprint density at radius 2 is 1.86 bits per heavy atom. The Bertz CT molecular complexity index is 879. The molecule has 2 aromatic rings. The highest BCUT2D eigenvalue weighted by molar-refractivity contribution is 6.32. The second-order valence-electron chi connectivity index (χ2n) is 7.37. The molecule has 2 amide bonds. The van der Waals surface area contributed by atoms with Crippen molar-refractivity contribution in [2.24, 2.45) is 0 Å². The molecule has 0 saturated heterocycles. The van der Waals surface area contributed by atoms with Crippen molar-refractivity contribution < 1.29 is 14.3 Å². The van der Waals surface area contributed by atoms with E-state index >= 15 is 0 Å². The molecule has 0 radical (unpaired) electrons. The molecule has 5 nitrogen and oxygen atoms in total. The fraction of sp³-hybridized carbons (Fsp3) is 0.364. The molecule has 2 aliphatic rings. The minimum atomic E-state index is -0.186. The summed E-state index contributed by atoms with van der Waals surface area (Å²) >= 11 is 6.24. The smallest absolute Gasteiger partial charge is 0.261 e. The number of carbonyl (C=O) groups is 2. The number of imide groups is 1. The zero-order valence-electron chi connectivity index (χ0n) is 15.8. The van der Waals surface area contributed by atoms with Crippen LogP contribution in [-0.4, -0.2) is 35.9 Å². The topological polar surface area (TPSA) is 58.6 Å². The Kier molecular flexibility index (Phi) is 5.38. The molecule has 0 fully saturated rings. The molecule has 0 aliphatic carbocycles. The SMILES string of the molecule is C[C@@H](CCCN1C(=O)c2ccccc2C1=O)N[C@@H]1CCOc2c(Cl)cccc21. The number of rotatable bonds is 6. The number of halogens is 1. The maximum Gasteiger partial charge on any atom is 0.261 e. The molecule has 6 heteroatoms. The average Bonchev–Trinajstić information content (AvgIpc) is 2.94. The molecule has 0 bridgehead atoms. The normalized spacial score (nSPS) is 19.2. The largest absolute Gasteiger partial charge is 0.492 e. The predicted molar refractivity (Wildman–Crippen MR) is 108 cm³/mol. The van der Waals surface area contributed by atoms with Gasteiger partial charge in [0.2, 0.25) is 0 Å². The van der Waals surface area contributed by atoms with Gasteiger partial charge in [0.25, 0.3) is 11.8 Å². The first kappa shape index (κ1) is 19.0. The van der Waals surface area contributed by atoms with Crippen LogP contribution in [-0.2, 0) is 0 Å². The van der Waals surface area contributed by atoms with Crippen molar-refractivity contribution in [3.8, 4) is 5.75 Å². The fourth-order valence-electron chi connectivity index (χ4n) is 3.98. The summed E-state index contributed by atoms with van der Waals surface area (Å²) in [6.07, 6.45) is 2.50. The van der Waals surface area contributed by atoms with Crippen molar-refractivity contribution in [3.63, 3.8) is 0 Å². The van der Waals surface area contributed by atoms with E-state index in [4.69, 9.17) is 16.3 Å². The van der Waals surface area contributed by atoms with Gasteiger partial charge in [0.15, 0.2) is 0 Å². The second-order valence-corrected chi connectivity index (χ2v) is 7.77. The van der Waals surface area contributed by atoms with Crippen molar-refractivity contribution in [2.75, 3.05) is 13.2 Å². The maximum absolute atomic E-state index is 12.4. The number of ether oxygens (including phenoxy) is 1. The van der Waals surface area contributed by atoms with Crippen LogP contribution in [0.5, 0.6) is 5.75 Å². The minimum Gasteiger partial charge on any atom is -0.492 e. The van der Waals surface area contributed by atoms with E-state index in [-0.39, 0.29) is 23.9 Å². The van der Waals surface area contributed by atoms with Gasteiger partial charge in [-0.15, -0.1) is 0 Å². The van der Waals surface area contributed by atoms with Gasteiger partial charge in [0.1, 0.15) is 5.75 Å². The standard InChI is InChI=1S/C22H23ClN2O3/c1-14(24-19-11-13-28-20-17(19)9-4-10-18(20)23)6-5-12-25-21(26)15-7-2-3-8-16(15)22(25)27/h2-4,7-10,14,19,24H,5-6,11-13H2,1H3/t14-,19+/m0/s1. The van der Waals surface area contributed by atoms with Crippen LogP contribution in [0, 0.1) is 0 Å². The molecule has 1 N–H and O–H groups in total. The summed E-state index contributed by atoms with van der Waals surface area (Å²) in [6.45, 7) is 3.20. The fourth-order valence-corrected chi connectivity index (χ4v) is 4.22. The lowest BCUT2D eigenvalue weighted by Gasteiger charge is -2.30. The summed E-state index contributed by atoms with van der Waals surface area (Å²) in [6, 6.07) is 13.3. The van der Waals surface area contributed by atoms with E-state index in [2.05, 4.69) is 12.2 Å². The molecule has 2 atom stereocenters. The van der Waals surface area contributed by atoms with Crippen LogP contribution >= 0.6 is 11.6 Å². The third kappa shape index (κ3) is 3.52. The number of hydrogen-bond donors (Lipinski definition) is 1. The third-order valence-corrected chi connectivity index (χ3v) is 5.71. The minimum absolute atomic E-state index is 0.186. The summed E-state index contributed by atoms with van der Waals surface area (Å²) in [5.74, 6) is 0.398. The van der Waals surface area contributed by atoms with Crippen LogP contribution in [0.15, 0.2) is 42.5 Å². The Labute approximate surface area is 169 Å². The van der Waals surface area contributed by atoms with E-state index in [9.17, 15) is 9.59 Å². The lowest BCUT2D eigenvalue weighted by Crippen LogP contribution is -2.35. The van der Waals surface area contributed by atoms with Crippen molar-refractivity contribution >= 4 is 23.4 Å². The van der Waals surface area contributed by atoms with Gasteiger partial charge in [-0.2, -0.15) is 0 Å². The van der Waals surface area contributed by atoms with Crippen molar-refractivity contribution in [2.45, 2.75) is 38.3 Å². The number of amides is 2. The zero-order chi connectivity index (χ0) is 19.7. The van der Waals surface area contributed by atoms with Crippen LogP contribution in [0.1, 0.15) is 58.5 Å². The van der Waals surface area contributed by atoms with Crippen LogP contribution in [0.3, 0.4) is 0 Å². The monoisotopic (exact) mass is 398 g/mol. The van der Waals surface area contributed by atoms with Crippen LogP contribution in [0.4, 0.5) is 0 Å². The first-order valence-corrected chi connectivity index (χ1v) is 10.1. The number of carbonyl (C=O) groups excluding carboxylic acids is 2. The van der Waals surface area contributed by atoms with Gasteiger partial charge in [-0.1, -0.05) is 35.9 Å². The Balaban J connectivity index is 1.32. The van der Waals surface area contributed by atoms with Gasteiger partial charge in [-0.25, -0.2) is 0 Å². The molecule has 2 heterocycles. The van der Waals surface area contributed by atoms with E-state index in [1.165, 1.54) is 4.90 Å². The lowest BCUT2D eigenvalue weighted by molar-refractivity contribution is 0.0650. The zero-order valence-corrected chi connectivity index (χ0v) is 16.5. The Morgan fingerprint density at radius 1 is 1.14 bits per heavy atom. The first-order chi connectivity index (χ1) is 13.6. The molecule has 2 aliphatic heterocycles. The summed E-state index contributed by atoms with van der Waals surface area (Å²) in [4.78, 5) is 26.2. The van der Waals surface area contributed by atoms with Gasteiger partial charge >= 0.3 is 0 Å². The van der Waals surface area contributed by atoms with Crippen molar-refractivity contribution in [3.05, 3.63) is 64.2 Å². The van der Waals surface area contributed by atoms with E-state index in [1.54, 1.807) is 24.3 Å². The average molecular weight is 399 g/mol. The molecular formula is C22H23ClN2O3. The summed E-state index contributed by atoms with van der Waals surface area (Å²) in [5, 5.41) is 4.28. The van der Waals surface area contributed by atoms with Crippen LogP contribution in [0.2, 0.25) is 5.02 Å². The second kappa shape index (κ2) is 7.94. The van der Waals surface area contributed by atoms with Gasteiger partial charge in [-0.3, -0.25) is 14.5 Å². The molecule has 0 spiro atoms. The quantitative estimate of drug-likeness (QED) is 0.740. The number of para-hydroxylation sites is 1. The molecule has 2 aromatic carbocycles. The van der Waals surface area contributed by atoms with Gasteiger partial charge < -0.3 is 10.1 Å². The van der Waals surface area contributed by atoms with Crippen molar-refractivity contribution in [1.29, 1.82) is 0 Å². The Hall–Kier alpha value is -2.37. The predicted octanol–water partition coefficient (Wildman–Crippen LogP) is 4.22. The highest BCUT2D eigenvalue weighted by atomic mass is 35.5. The number of benzene rings is 2. The number of hydrogen-bond acceptors (Lipinski definition) is 4. The molecule has 146 valence electrons. The summed E-state index contributed by atoms with van der Waals surface area (Å²) in [7, 11) is 0. The highest BCUT2D eigenvalue weighted by Gasteiger charge is 2.34. The van der Waals surface area contributed by atoms with E-state index < -0.39 is 0 Å². The highest BCUT2D eigenvalue weighted by Crippen LogP contribution is 2.37. The molecule has 4 rings (SSSR count). The maximum atomic E-state index is 12.4. The molecule has 0 saturated carbocycles. The number of nitrogens with zero attached hydrogens (tertiary/aromatic N) is 1. The first-order valence-electron chi connectivity index (χ1n) is 9.68. The number of fused-ring (bicyclic) bond motifs is 2. The summed E-state index contributed by atoms with van der Waals surface area (Å²) < 4.78 is 5.72. The van der Waals surface area contributed by atoms with E-state index in [1.807, 2.05) is 18.2 Å². The van der Waals surface area contributed by atoms with Crippen LogP contribution < -0.4 is 10.1 Å². The van der Waals surface area contributed by atoms with E-state index in [0.29, 0.717) is 29.3 Å². The third-order valence-electron chi connectivity index (χ3n) is 5.41. The molecule has 0 aromatic heterocycles. The van der Waals surface area contributed by atoms with Gasteiger partial charge in [0, 0.05) is 30.6 Å². The molecular weight excluding hydrogens is 376 g/mol. The van der Waals surface area contributed by atoms with E-state index in [0.717, 1.165) is 30.6 Å². The van der Waals surface area contributed by atoms with Gasteiger partial charge in [0.05, 0.1) is 22.8 Å². The molecule has 0 unspecified atom stereocenters.